The molecule has 4 rings (SSSR count). The van der Waals surface area contributed by atoms with E-state index in [-0.39, 0.29) is 0 Å². The number of hydrogen-bond acceptors (Lipinski definition) is 4. The molecule has 0 spiro atoms. The van der Waals surface area contributed by atoms with E-state index in [0.29, 0.717) is 0 Å². The van der Waals surface area contributed by atoms with Gasteiger partial charge in [-0.3, -0.25) is 9.80 Å². The van der Waals surface area contributed by atoms with Gasteiger partial charge in [0.25, 0.3) is 0 Å². The van der Waals surface area contributed by atoms with E-state index in [1.54, 1.807) is 6.20 Å². The van der Waals surface area contributed by atoms with Gasteiger partial charge in [-0.2, -0.15) is 0 Å². The average molecular weight is 376 g/mol. The molecule has 5 heteroatoms. The highest BCUT2D eigenvalue weighted by Gasteiger charge is 2.16. The maximum atomic E-state index is 4.09. The SMILES string of the molecule is c1ccc(CN2CCN(CCNCc3ccc(-n4ccnc4)cc3)CC2)cc1. The lowest BCUT2D eigenvalue weighted by molar-refractivity contribution is 0.127. The standard InChI is InChI=1S/C23H29N5/c1-2-4-22(5-3-1)19-27-16-14-26(15-17-27)12-10-24-18-21-6-8-23(9-7-21)28-13-11-25-20-28/h1-9,11,13,20,24H,10,12,14-19H2. The predicted molar refractivity (Wildman–Crippen MR) is 113 cm³/mol. The van der Waals surface area contributed by atoms with E-state index >= 15 is 0 Å². The van der Waals surface area contributed by atoms with Crippen LogP contribution in [-0.2, 0) is 13.1 Å². The van der Waals surface area contributed by atoms with E-state index in [4.69, 9.17) is 0 Å². The number of nitrogens with one attached hydrogen (secondary N) is 1. The lowest BCUT2D eigenvalue weighted by Crippen LogP contribution is -2.47. The van der Waals surface area contributed by atoms with Crippen molar-refractivity contribution >= 4 is 0 Å². The van der Waals surface area contributed by atoms with Gasteiger partial charge < -0.3 is 9.88 Å². The Kier molecular flexibility index (Phi) is 6.50. The number of hydrogen-bond donors (Lipinski definition) is 1. The van der Waals surface area contributed by atoms with Crippen molar-refractivity contribution in [3.05, 3.63) is 84.4 Å². The summed E-state index contributed by atoms with van der Waals surface area (Å²) < 4.78 is 2.02. The van der Waals surface area contributed by atoms with E-state index in [0.717, 1.165) is 58.0 Å². The second kappa shape index (κ2) is 9.64. The van der Waals surface area contributed by atoms with Crippen LogP contribution in [0, 0.1) is 0 Å². The van der Waals surface area contributed by atoms with Crippen LogP contribution in [0.2, 0.25) is 0 Å². The molecule has 146 valence electrons. The molecule has 0 saturated carbocycles. The van der Waals surface area contributed by atoms with Crippen molar-refractivity contribution in [2.24, 2.45) is 0 Å². The monoisotopic (exact) mass is 375 g/mol. The molecule has 1 aromatic heterocycles. The molecule has 0 aliphatic carbocycles. The Balaban J connectivity index is 1.13. The van der Waals surface area contributed by atoms with Crippen molar-refractivity contribution in [1.82, 2.24) is 24.7 Å². The number of rotatable bonds is 8. The molecule has 3 aromatic rings. The van der Waals surface area contributed by atoms with Crippen LogP contribution in [0.1, 0.15) is 11.1 Å². The second-order valence-electron chi connectivity index (χ2n) is 7.42. The van der Waals surface area contributed by atoms with Gasteiger partial charge in [0, 0.05) is 70.4 Å². The summed E-state index contributed by atoms with van der Waals surface area (Å²) >= 11 is 0. The summed E-state index contributed by atoms with van der Waals surface area (Å²) in [5.74, 6) is 0. The largest absolute Gasteiger partial charge is 0.311 e. The van der Waals surface area contributed by atoms with E-state index in [1.165, 1.54) is 11.1 Å². The van der Waals surface area contributed by atoms with Crippen molar-refractivity contribution < 1.29 is 0 Å². The zero-order valence-corrected chi connectivity index (χ0v) is 16.4. The van der Waals surface area contributed by atoms with Gasteiger partial charge in [-0.25, -0.2) is 4.98 Å². The first-order chi connectivity index (χ1) is 13.9. The van der Waals surface area contributed by atoms with Crippen molar-refractivity contribution in [3.63, 3.8) is 0 Å². The van der Waals surface area contributed by atoms with Crippen LogP contribution in [-0.4, -0.2) is 58.6 Å². The van der Waals surface area contributed by atoms with Crippen molar-refractivity contribution in [2.75, 3.05) is 39.3 Å². The van der Waals surface area contributed by atoms with E-state index in [9.17, 15) is 0 Å². The molecule has 1 fully saturated rings. The lowest BCUT2D eigenvalue weighted by atomic mass is 10.2. The van der Waals surface area contributed by atoms with Crippen LogP contribution in [0.5, 0.6) is 0 Å². The molecule has 0 radical (unpaired) electrons. The van der Waals surface area contributed by atoms with Crippen LogP contribution in [0.15, 0.2) is 73.3 Å². The fourth-order valence-electron chi connectivity index (χ4n) is 3.68. The highest BCUT2D eigenvalue weighted by atomic mass is 15.3. The minimum Gasteiger partial charge on any atom is -0.311 e. The van der Waals surface area contributed by atoms with Gasteiger partial charge in [-0.05, 0) is 23.3 Å². The first-order valence-corrected chi connectivity index (χ1v) is 10.1. The number of piperazine rings is 1. The van der Waals surface area contributed by atoms with Gasteiger partial charge in [-0.15, -0.1) is 0 Å². The second-order valence-corrected chi connectivity index (χ2v) is 7.42. The van der Waals surface area contributed by atoms with E-state index in [1.807, 2.05) is 17.1 Å². The Hall–Kier alpha value is -2.47. The maximum absolute atomic E-state index is 4.09. The minimum absolute atomic E-state index is 0.915. The molecule has 1 saturated heterocycles. The summed E-state index contributed by atoms with van der Waals surface area (Å²) in [6.45, 7) is 8.77. The van der Waals surface area contributed by atoms with Crippen LogP contribution >= 0.6 is 0 Å². The van der Waals surface area contributed by atoms with E-state index in [2.05, 4.69) is 74.7 Å². The zero-order valence-electron chi connectivity index (χ0n) is 16.4. The molecule has 0 amide bonds. The number of benzene rings is 2. The van der Waals surface area contributed by atoms with Crippen LogP contribution in [0.3, 0.4) is 0 Å². The smallest absolute Gasteiger partial charge is 0.0991 e. The summed E-state index contributed by atoms with van der Waals surface area (Å²) in [6.07, 6.45) is 5.59. The third-order valence-electron chi connectivity index (χ3n) is 5.39. The molecule has 2 aromatic carbocycles. The van der Waals surface area contributed by atoms with Crippen molar-refractivity contribution in [2.45, 2.75) is 13.1 Å². The normalized spacial score (nSPS) is 15.7. The van der Waals surface area contributed by atoms with Crippen LogP contribution in [0.25, 0.3) is 5.69 Å². The molecular formula is C23H29N5. The first kappa shape index (κ1) is 18.9. The molecule has 1 aliphatic heterocycles. The average Bonchev–Trinajstić information content (AvgIpc) is 3.29. The van der Waals surface area contributed by atoms with Gasteiger partial charge in [0.1, 0.15) is 0 Å². The number of nitrogens with zero attached hydrogens (tertiary/aromatic N) is 4. The van der Waals surface area contributed by atoms with E-state index < -0.39 is 0 Å². The predicted octanol–water partition coefficient (Wildman–Crippen LogP) is 2.78. The molecule has 0 atom stereocenters. The Morgan fingerprint density at radius 2 is 1.57 bits per heavy atom. The van der Waals surface area contributed by atoms with Crippen molar-refractivity contribution in [3.8, 4) is 5.69 Å². The van der Waals surface area contributed by atoms with Gasteiger partial charge in [0.15, 0.2) is 0 Å². The summed E-state index contributed by atoms with van der Waals surface area (Å²) in [5, 5.41) is 3.58. The summed E-state index contributed by atoms with van der Waals surface area (Å²) in [6, 6.07) is 19.4. The molecule has 0 bridgehead atoms. The Morgan fingerprint density at radius 3 is 2.29 bits per heavy atom. The fourth-order valence-corrected chi connectivity index (χ4v) is 3.68. The molecule has 1 aliphatic rings. The third-order valence-corrected chi connectivity index (χ3v) is 5.39. The molecular weight excluding hydrogens is 346 g/mol. The van der Waals surface area contributed by atoms with Gasteiger partial charge in [-0.1, -0.05) is 42.5 Å². The van der Waals surface area contributed by atoms with Gasteiger partial charge in [0.05, 0.1) is 6.33 Å². The highest BCUT2D eigenvalue weighted by molar-refractivity contribution is 5.34. The minimum atomic E-state index is 0.915. The highest BCUT2D eigenvalue weighted by Crippen LogP contribution is 2.10. The quantitative estimate of drug-likeness (QED) is 0.614. The summed E-state index contributed by atoms with van der Waals surface area (Å²) in [7, 11) is 0. The number of imidazole rings is 1. The van der Waals surface area contributed by atoms with Crippen molar-refractivity contribution in [1.29, 1.82) is 0 Å². The lowest BCUT2D eigenvalue weighted by Gasteiger charge is -2.34. The fraction of sp³-hybridized carbons (Fsp3) is 0.348. The van der Waals surface area contributed by atoms with Crippen LogP contribution < -0.4 is 5.32 Å². The Bertz CT molecular complexity index is 806. The summed E-state index contributed by atoms with van der Waals surface area (Å²) in [4.78, 5) is 9.22. The Morgan fingerprint density at radius 1 is 0.821 bits per heavy atom. The summed E-state index contributed by atoms with van der Waals surface area (Å²) in [5.41, 5.74) is 3.88. The first-order valence-electron chi connectivity index (χ1n) is 10.1. The molecule has 1 N–H and O–H groups in total. The number of aromatic nitrogens is 2. The molecule has 0 unspecified atom stereocenters. The molecule has 28 heavy (non-hydrogen) atoms. The van der Waals surface area contributed by atoms with Crippen LogP contribution in [0.4, 0.5) is 0 Å². The zero-order chi connectivity index (χ0) is 19.0. The topological polar surface area (TPSA) is 36.3 Å². The molecule has 5 nitrogen and oxygen atoms in total. The van der Waals surface area contributed by atoms with Gasteiger partial charge in [0.2, 0.25) is 0 Å². The maximum Gasteiger partial charge on any atom is 0.0991 e. The van der Waals surface area contributed by atoms with Gasteiger partial charge >= 0.3 is 0 Å². The molecule has 2 heterocycles. The Labute approximate surface area is 167 Å². The third kappa shape index (κ3) is 5.29.